The molecule has 1 aliphatic carbocycles. The molecule has 0 aromatic heterocycles. The number of alkyl halides is 3. The van der Waals surface area contributed by atoms with Gasteiger partial charge >= 0.3 is 6.18 Å². The Hall–Kier alpha value is -0.870. The van der Waals surface area contributed by atoms with Crippen molar-refractivity contribution in [3.63, 3.8) is 0 Å². The molecule has 1 rings (SSSR count). The highest BCUT2D eigenvalue weighted by Gasteiger charge is 2.45. The van der Waals surface area contributed by atoms with E-state index in [9.17, 15) is 22.8 Å². The summed E-state index contributed by atoms with van der Waals surface area (Å²) in [4.78, 5) is 23.1. The third kappa shape index (κ3) is 5.74. The molecule has 0 amide bonds. The summed E-state index contributed by atoms with van der Waals surface area (Å²) in [5.74, 6) is -3.84. The number of carbonyl (C=O) groups is 2. The van der Waals surface area contributed by atoms with Crippen LogP contribution in [0.1, 0.15) is 64.2 Å². The number of halogens is 3. The summed E-state index contributed by atoms with van der Waals surface area (Å²) in [5, 5.41) is 0. The van der Waals surface area contributed by atoms with Gasteiger partial charge in [-0.2, -0.15) is 13.2 Å². The summed E-state index contributed by atoms with van der Waals surface area (Å²) < 4.78 is 37.4. The molecule has 0 saturated heterocycles. The molecule has 0 aromatic carbocycles. The molecule has 0 spiro atoms. The fourth-order valence-electron chi connectivity index (χ4n) is 2.52. The van der Waals surface area contributed by atoms with E-state index in [1.807, 2.05) is 0 Å². The second-order valence-electron chi connectivity index (χ2n) is 5.25. The van der Waals surface area contributed by atoms with Gasteiger partial charge < -0.3 is 0 Å². The molecule has 5 heteroatoms. The van der Waals surface area contributed by atoms with Gasteiger partial charge in [-0.05, 0) is 12.8 Å². The molecule has 1 atom stereocenters. The summed E-state index contributed by atoms with van der Waals surface area (Å²) in [6.07, 6.45) is 2.25. The maximum absolute atomic E-state index is 12.5. The Morgan fingerprint density at radius 1 is 0.895 bits per heavy atom. The van der Waals surface area contributed by atoms with Gasteiger partial charge in [-0.25, -0.2) is 0 Å². The number of rotatable bonds is 1. The first kappa shape index (κ1) is 16.2. The maximum atomic E-state index is 12.5. The summed E-state index contributed by atoms with van der Waals surface area (Å²) in [6, 6.07) is 0. The van der Waals surface area contributed by atoms with Crippen LogP contribution in [0.15, 0.2) is 0 Å². The number of ketones is 2. The van der Waals surface area contributed by atoms with Crippen LogP contribution in [-0.2, 0) is 9.59 Å². The average Bonchev–Trinajstić information content (AvgIpc) is 2.32. The molecule has 19 heavy (non-hydrogen) atoms. The fourth-order valence-corrected chi connectivity index (χ4v) is 2.52. The Labute approximate surface area is 111 Å². The molecule has 0 radical (unpaired) electrons. The summed E-state index contributed by atoms with van der Waals surface area (Å²) in [5.41, 5.74) is 0. The van der Waals surface area contributed by atoms with E-state index in [0.717, 1.165) is 38.5 Å². The smallest absolute Gasteiger partial charge is 0.299 e. The second kappa shape index (κ2) is 7.65. The van der Waals surface area contributed by atoms with Crippen LogP contribution in [0, 0.1) is 5.92 Å². The van der Waals surface area contributed by atoms with E-state index in [0.29, 0.717) is 12.8 Å². The third-order valence-corrected chi connectivity index (χ3v) is 3.65. The summed E-state index contributed by atoms with van der Waals surface area (Å²) >= 11 is 0. The Morgan fingerprint density at radius 3 is 1.89 bits per heavy atom. The van der Waals surface area contributed by atoms with Gasteiger partial charge in [-0.3, -0.25) is 9.59 Å². The first-order valence-electron chi connectivity index (χ1n) is 7.06. The molecule has 1 fully saturated rings. The van der Waals surface area contributed by atoms with E-state index in [2.05, 4.69) is 0 Å². The quantitative estimate of drug-likeness (QED) is 0.673. The molecule has 1 unspecified atom stereocenters. The van der Waals surface area contributed by atoms with Gasteiger partial charge in [0.2, 0.25) is 5.78 Å². The molecule has 0 bridgehead atoms. The Kier molecular flexibility index (Phi) is 6.52. The zero-order valence-corrected chi connectivity index (χ0v) is 11.1. The molecule has 0 N–H and O–H groups in total. The van der Waals surface area contributed by atoms with Crippen LogP contribution in [0.25, 0.3) is 0 Å². The van der Waals surface area contributed by atoms with Gasteiger partial charge in [0.15, 0.2) is 0 Å². The molecule has 0 heterocycles. The van der Waals surface area contributed by atoms with Crippen molar-refractivity contribution < 1.29 is 22.8 Å². The number of carbonyl (C=O) groups excluding carboxylic acids is 2. The van der Waals surface area contributed by atoms with Gasteiger partial charge in [-0.1, -0.05) is 44.9 Å². The van der Waals surface area contributed by atoms with Crippen LogP contribution in [0.5, 0.6) is 0 Å². The van der Waals surface area contributed by atoms with Gasteiger partial charge in [0.1, 0.15) is 5.78 Å². The minimum Gasteiger partial charge on any atom is -0.299 e. The van der Waals surface area contributed by atoms with E-state index >= 15 is 0 Å². The molecule has 2 nitrogen and oxygen atoms in total. The van der Waals surface area contributed by atoms with Crippen molar-refractivity contribution >= 4 is 11.6 Å². The molecule has 0 aliphatic heterocycles. The normalized spacial score (nSPS) is 24.4. The molecular formula is C14H21F3O2. The third-order valence-electron chi connectivity index (χ3n) is 3.65. The van der Waals surface area contributed by atoms with E-state index in [4.69, 9.17) is 0 Å². The van der Waals surface area contributed by atoms with Crippen molar-refractivity contribution in [3.05, 3.63) is 0 Å². The largest absolute Gasteiger partial charge is 0.450 e. The van der Waals surface area contributed by atoms with Gasteiger partial charge in [0.25, 0.3) is 0 Å². The van der Waals surface area contributed by atoms with Crippen LogP contribution in [0.4, 0.5) is 13.2 Å². The molecule has 1 aliphatic rings. The Balaban J connectivity index is 2.66. The van der Waals surface area contributed by atoms with Crippen LogP contribution >= 0.6 is 0 Å². The van der Waals surface area contributed by atoms with Gasteiger partial charge in [0.05, 0.1) is 5.92 Å². The number of hydrogen-bond acceptors (Lipinski definition) is 2. The Bertz CT molecular complexity index is 310. The lowest BCUT2D eigenvalue weighted by molar-refractivity contribution is -0.177. The first-order chi connectivity index (χ1) is 8.93. The van der Waals surface area contributed by atoms with Crippen molar-refractivity contribution in [2.75, 3.05) is 0 Å². The standard InChI is InChI=1S/C14H21F3O2/c15-14(16,17)13(19)11-9-7-5-3-1-2-4-6-8-10-12(11)18/h11H,1-10H2. The van der Waals surface area contributed by atoms with Crippen molar-refractivity contribution in [2.45, 2.75) is 70.4 Å². The average molecular weight is 278 g/mol. The van der Waals surface area contributed by atoms with Gasteiger partial charge in [0, 0.05) is 6.42 Å². The van der Waals surface area contributed by atoms with E-state index in [1.165, 1.54) is 0 Å². The lowest BCUT2D eigenvalue weighted by Gasteiger charge is -2.17. The monoisotopic (exact) mass is 278 g/mol. The molecule has 0 aromatic rings. The minimum atomic E-state index is -4.89. The van der Waals surface area contributed by atoms with Crippen LogP contribution < -0.4 is 0 Å². The zero-order valence-electron chi connectivity index (χ0n) is 11.1. The predicted octanol–water partition coefficient (Wildman–Crippen LogP) is 4.22. The molecular weight excluding hydrogens is 257 g/mol. The fraction of sp³-hybridized carbons (Fsp3) is 0.857. The van der Waals surface area contributed by atoms with E-state index in [-0.39, 0.29) is 12.8 Å². The van der Waals surface area contributed by atoms with Crippen molar-refractivity contribution in [2.24, 2.45) is 5.92 Å². The second-order valence-corrected chi connectivity index (χ2v) is 5.25. The molecule has 110 valence electrons. The van der Waals surface area contributed by atoms with Crippen LogP contribution in [-0.4, -0.2) is 17.7 Å². The topological polar surface area (TPSA) is 34.1 Å². The van der Waals surface area contributed by atoms with Crippen LogP contribution in [0.3, 0.4) is 0 Å². The lowest BCUT2D eigenvalue weighted by atomic mass is 9.88. The highest BCUT2D eigenvalue weighted by atomic mass is 19.4. The highest BCUT2D eigenvalue weighted by molar-refractivity contribution is 6.04. The van der Waals surface area contributed by atoms with Crippen LogP contribution in [0.2, 0.25) is 0 Å². The summed E-state index contributed by atoms with van der Waals surface area (Å²) in [7, 11) is 0. The summed E-state index contributed by atoms with van der Waals surface area (Å²) in [6.45, 7) is 0. The van der Waals surface area contributed by atoms with Crippen molar-refractivity contribution in [3.8, 4) is 0 Å². The number of Topliss-reactive ketones (excluding diaryl/α,β-unsaturated/α-hetero) is 2. The SMILES string of the molecule is O=C1CCCCCCCCCCC1C(=O)C(F)(F)F. The Morgan fingerprint density at radius 2 is 1.37 bits per heavy atom. The molecule has 1 saturated carbocycles. The minimum absolute atomic E-state index is 0.0528. The highest BCUT2D eigenvalue weighted by Crippen LogP contribution is 2.27. The van der Waals surface area contributed by atoms with Crippen molar-refractivity contribution in [1.82, 2.24) is 0 Å². The van der Waals surface area contributed by atoms with E-state index in [1.54, 1.807) is 0 Å². The zero-order chi connectivity index (χ0) is 14.3. The van der Waals surface area contributed by atoms with Gasteiger partial charge in [-0.15, -0.1) is 0 Å². The predicted molar refractivity (Wildman–Crippen MR) is 65.7 cm³/mol. The van der Waals surface area contributed by atoms with E-state index < -0.39 is 23.7 Å². The lowest BCUT2D eigenvalue weighted by Crippen LogP contribution is -2.35. The van der Waals surface area contributed by atoms with Crippen molar-refractivity contribution in [1.29, 1.82) is 0 Å². The maximum Gasteiger partial charge on any atom is 0.450 e. The number of hydrogen-bond donors (Lipinski definition) is 0. The first-order valence-corrected chi connectivity index (χ1v) is 7.06.